The van der Waals surface area contributed by atoms with E-state index < -0.39 is 0 Å². The van der Waals surface area contributed by atoms with Gasteiger partial charge in [0.05, 0.1) is 16.4 Å². The van der Waals surface area contributed by atoms with Crippen molar-refractivity contribution < 1.29 is 4.79 Å². The third-order valence-corrected chi connectivity index (χ3v) is 4.67. The van der Waals surface area contributed by atoms with E-state index in [2.05, 4.69) is 27.4 Å². The Hall–Kier alpha value is -2.01. The summed E-state index contributed by atoms with van der Waals surface area (Å²) in [4.78, 5) is 20.9. The van der Waals surface area contributed by atoms with E-state index >= 15 is 0 Å². The summed E-state index contributed by atoms with van der Waals surface area (Å²) in [7, 11) is 0. The fourth-order valence-electron chi connectivity index (χ4n) is 2.53. The van der Waals surface area contributed by atoms with Gasteiger partial charge in [-0.25, -0.2) is 4.98 Å². The summed E-state index contributed by atoms with van der Waals surface area (Å²) in [5.41, 5.74) is 1.80. The Morgan fingerprint density at radius 3 is 3.05 bits per heavy atom. The van der Waals surface area contributed by atoms with Gasteiger partial charge in [-0.1, -0.05) is 18.2 Å². The van der Waals surface area contributed by atoms with Crippen LogP contribution in [0.15, 0.2) is 41.9 Å². The van der Waals surface area contributed by atoms with Crippen molar-refractivity contribution >= 4 is 17.2 Å². The Bertz CT molecular complexity index is 651. The molecule has 0 aliphatic heterocycles. The van der Waals surface area contributed by atoms with Crippen LogP contribution in [-0.2, 0) is 11.2 Å². The molecule has 0 radical (unpaired) electrons. The molecule has 0 bridgehead atoms. The maximum Gasteiger partial charge on any atom is 0.223 e. The highest BCUT2D eigenvalue weighted by Gasteiger charge is 2.18. The number of amides is 1. The molecule has 22 heavy (non-hydrogen) atoms. The van der Waals surface area contributed by atoms with Gasteiger partial charge < -0.3 is 5.32 Å². The predicted molar refractivity (Wildman–Crippen MR) is 88.5 cm³/mol. The number of carbonyl (C=O) groups is 1. The van der Waals surface area contributed by atoms with E-state index in [0.717, 1.165) is 42.1 Å². The summed E-state index contributed by atoms with van der Waals surface area (Å²) >= 11 is 1.62. The van der Waals surface area contributed by atoms with E-state index in [0.29, 0.717) is 6.54 Å². The highest BCUT2D eigenvalue weighted by molar-refractivity contribution is 7.09. The van der Waals surface area contributed by atoms with Gasteiger partial charge in [0, 0.05) is 30.5 Å². The first-order valence-corrected chi connectivity index (χ1v) is 8.49. The second-order valence-corrected chi connectivity index (χ2v) is 6.31. The second kappa shape index (κ2) is 7.31. The van der Waals surface area contributed by atoms with Crippen LogP contribution in [0.25, 0.3) is 11.4 Å². The van der Waals surface area contributed by atoms with Crippen LogP contribution in [0.5, 0.6) is 0 Å². The van der Waals surface area contributed by atoms with E-state index in [1.165, 1.54) is 0 Å². The number of pyridine rings is 1. The number of allylic oxidation sites excluding steroid dienone is 2. The first-order chi connectivity index (χ1) is 10.8. The SMILES string of the molecule is O=C(NCCc1nc(-c2ccccn2)cs1)C1CC=CCC1. The normalized spacial score (nSPS) is 17.4. The molecule has 1 atom stereocenters. The molecule has 0 saturated heterocycles. The summed E-state index contributed by atoms with van der Waals surface area (Å²) in [6.45, 7) is 0.647. The molecule has 4 nitrogen and oxygen atoms in total. The molecule has 0 spiro atoms. The van der Waals surface area contributed by atoms with Gasteiger partial charge in [-0.05, 0) is 31.4 Å². The van der Waals surface area contributed by atoms with Gasteiger partial charge in [-0.15, -0.1) is 11.3 Å². The second-order valence-electron chi connectivity index (χ2n) is 5.36. The Morgan fingerprint density at radius 1 is 1.32 bits per heavy atom. The minimum atomic E-state index is 0.144. The Labute approximate surface area is 134 Å². The van der Waals surface area contributed by atoms with Gasteiger partial charge in [0.15, 0.2) is 0 Å². The number of hydrogen-bond acceptors (Lipinski definition) is 4. The maximum absolute atomic E-state index is 12.0. The van der Waals surface area contributed by atoms with Crippen LogP contribution in [0.4, 0.5) is 0 Å². The van der Waals surface area contributed by atoms with Gasteiger partial charge in [0.25, 0.3) is 0 Å². The van der Waals surface area contributed by atoms with Crippen molar-refractivity contribution in [1.82, 2.24) is 15.3 Å². The lowest BCUT2D eigenvalue weighted by molar-refractivity contribution is -0.125. The van der Waals surface area contributed by atoms with E-state index in [9.17, 15) is 4.79 Å². The molecule has 2 heterocycles. The van der Waals surface area contributed by atoms with E-state index in [1.54, 1.807) is 17.5 Å². The Morgan fingerprint density at radius 2 is 2.27 bits per heavy atom. The lowest BCUT2D eigenvalue weighted by Crippen LogP contribution is -2.32. The van der Waals surface area contributed by atoms with Crippen molar-refractivity contribution in [2.24, 2.45) is 5.92 Å². The van der Waals surface area contributed by atoms with E-state index in [4.69, 9.17) is 0 Å². The van der Waals surface area contributed by atoms with E-state index in [-0.39, 0.29) is 11.8 Å². The lowest BCUT2D eigenvalue weighted by atomic mass is 9.94. The highest BCUT2D eigenvalue weighted by atomic mass is 32.1. The number of carbonyl (C=O) groups excluding carboxylic acids is 1. The van der Waals surface area contributed by atoms with Gasteiger partial charge in [0.2, 0.25) is 5.91 Å². The van der Waals surface area contributed by atoms with Crippen LogP contribution in [0.1, 0.15) is 24.3 Å². The van der Waals surface area contributed by atoms with Crippen LogP contribution in [-0.4, -0.2) is 22.4 Å². The molecule has 1 aliphatic carbocycles. The zero-order valence-electron chi connectivity index (χ0n) is 12.4. The first-order valence-electron chi connectivity index (χ1n) is 7.61. The minimum Gasteiger partial charge on any atom is -0.355 e. The lowest BCUT2D eigenvalue weighted by Gasteiger charge is -2.16. The topological polar surface area (TPSA) is 54.9 Å². The van der Waals surface area contributed by atoms with Crippen LogP contribution in [0.2, 0.25) is 0 Å². The standard InChI is InChI=1S/C17H19N3OS/c21-17(13-6-2-1-3-7-13)19-11-9-16-20-15(12-22-16)14-8-4-5-10-18-14/h1-2,4-5,8,10,12-13H,3,6-7,9,11H2,(H,19,21). The summed E-state index contributed by atoms with van der Waals surface area (Å²) in [6.07, 6.45) is 9.64. The molecular weight excluding hydrogens is 294 g/mol. The molecule has 1 N–H and O–H groups in total. The maximum atomic E-state index is 12.0. The zero-order valence-corrected chi connectivity index (χ0v) is 13.2. The van der Waals surface area contributed by atoms with E-state index in [1.807, 2.05) is 23.6 Å². The molecular formula is C17H19N3OS. The van der Waals surface area contributed by atoms with Crippen LogP contribution in [0, 0.1) is 5.92 Å². The van der Waals surface area contributed by atoms with Crippen molar-refractivity contribution in [1.29, 1.82) is 0 Å². The largest absolute Gasteiger partial charge is 0.355 e. The minimum absolute atomic E-state index is 0.144. The molecule has 3 rings (SSSR count). The third-order valence-electron chi connectivity index (χ3n) is 3.76. The number of hydrogen-bond donors (Lipinski definition) is 1. The molecule has 0 fully saturated rings. The van der Waals surface area contributed by atoms with Gasteiger partial charge in [0.1, 0.15) is 0 Å². The molecule has 0 aromatic carbocycles. The summed E-state index contributed by atoms with van der Waals surface area (Å²) < 4.78 is 0. The highest BCUT2D eigenvalue weighted by Crippen LogP contribution is 2.20. The van der Waals surface area contributed by atoms with Crippen molar-refractivity contribution in [2.75, 3.05) is 6.54 Å². The summed E-state index contributed by atoms with van der Waals surface area (Å²) in [5, 5.41) is 6.08. The Balaban J connectivity index is 1.49. The fourth-order valence-corrected chi connectivity index (χ4v) is 3.32. The molecule has 1 amide bonds. The molecule has 1 aliphatic rings. The average molecular weight is 313 g/mol. The third kappa shape index (κ3) is 3.80. The smallest absolute Gasteiger partial charge is 0.223 e. The Kier molecular flexibility index (Phi) is 4.96. The average Bonchev–Trinajstić information content (AvgIpc) is 3.05. The number of nitrogens with zero attached hydrogens (tertiary/aromatic N) is 2. The number of aromatic nitrogens is 2. The quantitative estimate of drug-likeness (QED) is 0.862. The molecule has 1 unspecified atom stereocenters. The number of rotatable bonds is 5. The number of nitrogens with one attached hydrogen (secondary N) is 1. The summed E-state index contributed by atoms with van der Waals surface area (Å²) in [6, 6.07) is 5.81. The van der Waals surface area contributed by atoms with Crippen LogP contribution in [0.3, 0.4) is 0 Å². The monoisotopic (exact) mass is 313 g/mol. The molecule has 0 saturated carbocycles. The zero-order chi connectivity index (χ0) is 15.2. The summed E-state index contributed by atoms with van der Waals surface area (Å²) in [5.74, 6) is 0.316. The van der Waals surface area contributed by atoms with Crippen molar-refractivity contribution in [3.05, 3.63) is 46.9 Å². The van der Waals surface area contributed by atoms with Crippen molar-refractivity contribution in [3.8, 4) is 11.4 Å². The number of thiazole rings is 1. The predicted octanol–water partition coefficient (Wildman–Crippen LogP) is 3.22. The molecule has 5 heteroatoms. The van der Waals surface area contributed by atoms with Crippen molar-refractivity contribution in [2.45, 2.75) is 25.7 Å². The fraction of sp³-hybridized carbons (Fsp3) is 0.353. The van der Waals surface area contributed by atoms with Gasteiger partial charge in [-0.3, -0.25) is 9.78 Å². The molecule has 2 aromatic heterocycles. The van der Waals surface area contributed by atoms with Crippen LogP contribution < -0.4 is 5.32 Å². The molecule has 114 valence electrons. The van der Waals surface area contributed by atoms with Gasteiger partial charge >= 0.3 is 0 Å². The molecule has 2 aromatic rings. The van der Waals surface area contributed by atoms with Gasteiger partial charge in [-0.2, -0.15) is 0 Å². The first kappa shape index (κ1) is 14.9. The van der Waals surface area contributed by atoms with Crippen molar-refractivity contribution in [3.63, 3.8) is 0 Å². The van der Waals surface area contributed by atoms with Crippen LogP contribution >= 0.6 is 11.3 Å².